The molecule has 3 aliphatic heterocycles. The molecule has 0 unspecified atom stereocenters. The van der Waals surface area contributed by atoms with Crippen LogP contribution >= 0.6 is 0 Å². The topological polar surface area (TPSA) is 231 Å². The van der Waals surface area contributed by atoms with Crippen LogP contribution in [0.3, 0.4) is 0 Å². The van der Waals surface area contributed by atoms with Crippen molar-refractivity contribution in [3.8, 4) is 5.75 Å². The zero-order valence-corrected chi connectivity index (χ0v) is 40.4. The molecule has 18 heteroatoms. The summed E-state index contributed by atoms with van der Waals surface area (Å²) < 4.78 is 63.3. The monoisotopic (exact) mass is 958 g/mol. The van der Waals surface area contributed by atoms with Crippen molar-refractivity contribution >= 4 is 24.7 Å². The van der Waals surface area contributed by atoms with Crippen LogP contribution in [0.1, 0.15) is 65.9 Å². The van der Waals surface area contributed by atoms with Gasteiger partial charge in [-0.3, -0.25) is 4.79 Å². The van der Waals surface area contributed by atoms with E-state index in [9.17, 15) is 35.4 Å². The van der Waals surface area contributed by atoms with Crippen molar-refractivity contribution in [2.24, 2.45) is 0 Å². The smallest absolute Gasteiger partial charge is 0.305 e. The number of carbonyl (C=O) groups excluding carboxylic acids is 1. The molecule has 0 saturated carbocycles. The van der Waals surface area contributed by atoms with Gasteiger partial charge in [-0.2, -0.15) is 0 Å². The van der Waals surface area contributed by atoms with Crippen LogP contribution < -0.4 is 15.1 Å². The fourth-order valence-electron chi connectivity index (χ4n) is 8.94. The maximum atomic E-state index is 11.9. The van der Waals surface area contributed by atoms with E-state index in [4.69, 9.17) is 47.1 Å². The first-order chi connectivity index (χ1) is 32.0. The van der Waals surface area contributed by atoms with E-state index in [-0.39, 0.29) is 32.2 Å². The molecule has 67 heavy (non-hydrogen) atoms. The second-order valence-corrected chi connectivity index (χ2v) is 22.8. The van der Waals surface area contributed by atoms with Crippen molar-refractivity contribution in [2.45, 2.75) is 164 Å². The first-order valence-corrected chi connectivity index (χ1v) is 24.9. The van der Waals surface area contributed by atoms with Gasteiger partial charge < -0.3 is 77.7 Å². The molecule has 0 radical (unpaired) electrons. The van der Waals surface area contributed by atoms with Gasteiger partial charge >= 0.3 is 5.97 Å². The molecule has 0 aromatic heterocycles. The minimum atomic E-state index is -3.28. The SMILES string of the molecule is COC(=O)CCCCCO[C@@H]1O[C@H](CO[Si](c2ccccc2)(c2ccccc2)C(C)(C)C)[C@H](O[C@@H]2O[C@@H](C)[C@@H](O)[C@@H](O)[C@@H]2O)[C@H](OCc2ccc(OC)cc2)[C@H]1O[C@@H]1O[C@@H](C)[C@@H](O)[C@@H](O)[C@@H]1O. The average molecular weight is 959 g/mol. The first kappa shape index (κ1) is 52.9. The third kappa shape index (κ3) is 12.5. The van der Waals surface area contributed by atoms with Gasteiger partial charge in [-0.15, -0.1) is 0 Å². The molecule has 15 atom stereocenters. The molecular formula is C49H70O17Si. The van der Waals surface area contributed by atoms with E-state index in [2.05, 4.69) is 45.0 Å². The van der Waals surface area contributed by atoms with Gasteiger partial charge in [-0.25, -0.2) is 0 Å². The van der Waals surface area contributed by atoms with Crippen molar-refractivity contribution in [3.63, 3.8) is 0 Å². The number of hydrogen-bond acceptors (Lipinski definition) is 17. The van der Waals surface area contributed by atoms with Gasteiger partial charge in [0.25, 0.3) is 8.32 Å². The Hall–Kier alpha value is -3.41. The highest BCUT2D eigenvalue weighted by Gasteiger charge is 2.57. The summed E-state index contributed by atoms with van der Waals surface area (Å²) in [6.07, 6.45) is -19.0. The summed E-state index contributed by atoms with van der Waals surface area (Å²) in [5.41, 5.74) is 0.718. The molecule has 3 aromatic carbocycles. The van der Waals surface area contributed by atoms with Crippen molar-refractivity contribution in [1.29, 1.82) is 0 Å². The lowest BCUT2D eigenvalue weighted by Gasteiger charge is -2.51. The zero-order valence-electron chi connectivity index (χ0n) is 39.4. The molecule has 0 spiro atoms. The second kappa shape index (κ2) is 23.9. The Balaban J connectivity index is 1.45. The molecule has 6 rings (SSSR count). The number of rotatable bonds is 20. The summed E-state index contributed by atoms with van der Waals surface area (Å²) in [6, 6.07) is 27.2. The molecule has 3 heterocycles. The Bertz CT molecular complexity index is 1900. The second-order valence-electron chi connectivity index (χ2n) is 18.5. The number of unbranched alkanes of at least 4 members (excludes halogenated alkanes) is 2. The number of ether oxygens (including phenoxy) is 9. The van der Waals surface area contributed by atoms with Crippen LogP contribution in [0, 0.1) is 0 Å². The van der Waals surface area contributed by atoms with Gasteiger partial charge in [0.05, 0.1) is 39.6 Å². The fourth-order valence-corrected chi connectivity index (χ4v) is 13.5. The van der Waals surface area contributed by atoms with Crippen LogP contribution in [0.15, 0.2) is 84.9 Å². The quantitative estimate of drug-likeness (QED) is 0.0541. The number of methoxy groups -OCH3 is 2. The van der Waals surface area contributed by atoms with Crippen molar-refractivity contribution in [1.82, 2.24) is 0 Å². The Morgan fingerprint density at radius 2 is 1.15 bits per heavy atom. The van der Waals surface area contributed by atoms with E-state index in [0.29, 0.717) is 25.0 Å². The normalized spacial score (nSPS) is 32.7. The van der Waals surface area contributed by atoms with Gasteiger partial charge in [0.2, 0.25) is 0 Å². The molecule has 0 amide bonds. The standard InChI is InChI=1S/C49H70O17Si/c1-29-37(51)39(53)41(55)46(62-29)65-43-35(28-61-67(49(3,4)5,33-17-11-8-12-18-33)34-19-13-9-14-20-34)64-48(59-26-16-10-15-21-36(50)58-7)45(66-47-42(56)40(54)38(52)30(2)63-47)44(43)60-27-31-22-24-32(57-6)25-23-31/h8-9,11-14,17-20,22-25,29-30,35,37-48,51-56H,10,15-16,21,26-28H2,1-7H3/t29-,30-,35+,37+,38+,39+,40+,41-,42-,43-,44-,45+,46-,47-,48+/m0/s1. The van der Waals surface area contributed by atoms with E-state index >= 15 is 0 Å². The number of benzene rings is 3. The van der Waals surface area contributed by atoms with Crippen LogP contribution in [-0.2, 0) is 53.7 Å². The van der Waals surface area contributed by atoms with E-state index in [1.54, 1.807) is 26.2 Å². The van der Waals surface area contributed by atoms with Gasteiger partial charge in [-0.05, 0) is 59.8 Å². The largest absolute Gasteiger partial charge is 0.497 e. The number of hydrogen-bond donors (Lipinski definition) is 6. The molecule has 3 aliphatic rings. The van der Waals surface area contributed by atoms with Gasteiger partial charge in [0.1, 0.15) is 66.8 Å². The van der Waals surface area contributed by atoms with Gasteiger partial charge in [0, 0.05) is 13.0 Å². The summed E-state index contributed by atoms with van der Waals surface area (Å²) in [5, 5.41) is 67.4. The Morgan fingerprint density at radius 1 is 0.612 bits per heavy atom. The molecule has 3 aromatic rings. The number of aliphatic hydroxyl groups is 6. The lowest BCUT2D eigenvalue weighted by molar-refractivity contribution is -0.388. The molecule has 0 aliphatic carbocycles. The van der Waals surface area contributed by atoms with Gasteiger partial charge in [0.15, 0.2) is 18.9 Å². The molecule has 372 valence electrons. The molecule has 0 bridgehead atoms. The number of carbonyl (C=O) groups is 1. The van der Waals surface area contributed by atoms with E-state index in [1.807, 2.05) is 48.5 Å². The molecule has 17 nitrogen and oxygen atoms in total. The Labute approximate surface area is 393 Å². The molecule has 3 fully saturated rings. The van der Waals surface area contributed by atoms with Crippen LogP contribution in [0.25, 0.3) is 0 Å². The zero-order chi connectivity index (χ0) is 48.5. The fraction of sp³-hybridized carbons (Fsp3) is 0.612. The number of aliphatic hydroxyl groups excluding tert-OH is 6. The Morgan fingerprint density at radius 3 is 1.66 bits per heavy atom. The third-order valence-corrected chi connectivity index (χ3v) is 17.8. The summed E-state index contributed by atoms with van der Waals surface area (Å²) in [4.78, 5) is 11.9. The molecule has 6 N–H and O–H groups in total. The average Bonchev–Trinajstić information content (AvgIpc) is 3.33. The predicted octanol–water partition coefficient (Wildman–Crippen LogP) is 2.06. The van der Waals surface area contributed by atoms with Crippen LogP contribution in [0.2, 0.25) is 5.04 Å². The highest BCUT2D eigenvalue weighted by Crippen LogP contribution is 2.40. The van der Waals surface area contributed by atoms with Crippen LogP contribution in [0.4, 0.5) is 0 Å². The Kier molecular flexibility index (Phi) is 18.9. The number of esters is 1. The summed E-state index contributed by atoms with van der Waals surface area (Å²) in [5.74, 6) is 0.294. The van der Waals surface area contributed by atoms with Crippen molar-refractivity contribution in [3.05, 3.63) is 90.5 Å². The first-order valence-electron chi connectivity index (χ1n) is 23.0. The predicted molar refractivity (Wildman–Crippen MR) is 245 cm³/mol. The summed E-state index contributed by atoms with van der Waals surface area (Å²) >= 11 is 0. The van der Waals surface area contributed by atoms with Gasteiger partial charge in [-0.1, -0.05) is 100.0 Å². The minimum absolute atomic E-state index is 0.0471. The maximum Gasteiger partial charge on any atom is 0.305 e. The molecular weight excluding hydrogens is 889 g/mol. The lowest BCUT2D eigenvalue weighted by Crippen LogP contribution is -2.69. The van der Waals surface area contributed by atoms with E-state index in [1.165, 1.54) is 14.0 Å². The van der Waals surface area contributed by atoms with Crippen LogP contribution in [0.5, 0.6) is 5.75 Å². The van der Waals surface area contributed by atoms with Crippen molar-refractivity contribution in [2.75, 3.05) is 27.4 Å². The third-order valence-electron chi connectivity index (χ3n) is 12.8. The van der Waals surface area contributed by atoms with Crippen LogP contribution in [-0.4, -0.2) is 164 Å². The summed E-state index contributed by atoms with van der Waals surface area (Å²) in [6.45, 7) is 9.39. The maximum absolute atomic E-state index is 11.9. The highest BCUT2D eigenvalue weighted by atomic mass is 28.4. The van der Waals surface area contributed by atoms with E-state index < -0.39 is 105 Å². The van der Waals surface area contributed by atoms with E-state index in [0.717, 1.165) is 15.9 Å². The highest BCUT2D eigenvalue weighted by molar-refractivity contribution is 6.99. The lowest BCUT2D eigenvalue weighted by atomic mass is 9.96. The molecule has 3 saturated heterocycles. The minimum Gasteiger partial charge on any atom is -0.497 e. The van der Waals surface area contributed by atoms with Crippen molar-refractivity contribution < 1.29 is 82.5 Å². The summed E-state index contributed by atoms with van der Waals surface area (Å²) in [7, 11) is -0.380.